The number of nitrogens with two attached hydrogens (primary N) is 1. The van der Waals surface area contributed by atoms with Crippen molar-refractivity contribution in [3.05, 3.63) is 70.2 Å². The van der Waals surface area contributed by atoms with Gasteiger partial charge in [-0.25, -0.2) is 4.79 Å². The van der Waals surface area contributed by atoms with Crippen molar-refractivity contribution in [3.8, 4) is 0 Å². The summed E-state index contributed by atoms with van der Waals surface area (Å²) in [4.78, 5) is 40.2. The van der Waals surface area contributed by atoms with Gasteiger partial charge >= 0.3 is 5.97 Å². The maximum atomic E-state index is 13.6. The summed E-state index contributed by atoms with van der Waals surface area (Å²) in [5.41, 5.74) is 7.42. The second kappa shape index (κ2) is 10.4. The Hall–Kier alpha value is -2.90. The van der Waals surface area contributed by atoms with E-state index < -0.39 is 28.9 Å². The number of nitrogens with zero attached hydrogens (tertiary/aromatic N) is 1. The molecule has 188 valence electrons. The third-order valence-electron chi connectivity index (χ3n) is 7.01. The molecule has 1 heterocycles. The molecule has 0 spiro atoms. The third-order valence-corrected chi connectivity index (χ3v) is 7.26. The lowest BCUT2D eigenvalue weighted by Crippen LogP contribution is -2.63. The number of rotatable bonds is 6. The highest BCUT2D eigenvalue weighted by Gasteiger charge is 2.49. The fourth-order valence-corrected chi connectivity index (χ4v) is 4.78. The van der Waals surface area contributed by atoms with E-state index in [0.29, 0.717) is 24.5 Å². The molecule has 35 heavy (non-hydrogen) atoms. The molecule has 1 saturated heterocycles. The van der Waals surface area contributed by atoms with Crippen molar-refractivity contribution in [2.24, 2.45) is 17.1 Å². The van der Waals surface area contributed by atoms with Gasteiger partial charge < -0.3 is 20.7 Å². The largest absolute Gasteiger partial charge is 0.465 e. The molecule has 1 aliphatic rings. The number of carbonyl (C=O) groups excluding carboxylic acids is 3. The lowest BCUT2D eigenvalue weighted by molar-refractivity contribution is -0.139. The molecular formula is C27H34ClN3O4. The zero-order chi connectivity index (χ0) is 26.0. The van der Waals surface area contributed by atoms with Gasteiger partial charge in [0.2, 0.25) is 5.91 Å². The van der Waals surface area contributed by atoms with Gasteiger partial charge in [-0.2, -0.15) is 0 Å². The predicted octanol–water partition coefficient (Wildman–Crippen LogP) is 3.99. The lowest BCUT2D eigenvalue weighted by atomic mass is 9.64. The molecule has 0 bridgehead atoms. The molecule has 3 N–H and O–H groups in total. The molecule has 8 heteroatoms. The molecule has 2 atom stereocenters. The van der Waals surface area contributed by atoms with Crippen LogP contribution in [0.5, 0.6) is 0 Å². The average Bonchev–Trinajstić information content (AvgIpc) is 2.83. The molecular weight excluding hydrogens is 466 g/mol. The maximum Gasteiger partial charge on any atom is 0.337 e. The van der Waals surface area contributed by atoms with E-state index in [1.165, 1.54) is 13.2 Å². The molecule has 1 fully saturated rings. The highest BCUT2D eigenvalue weighted by molar-refractivity contribution is 6.30. The van der Waals surface area contributed by atoms with Gasteiger partial charge in [-0.1, -0.05) is 57.5 Å². The Labute approximate surface area is 212 Å². The summed E-state index contributed by atoms with van der Waals surface area (Å²) in [5, 5.41) is 3.52. The van der Waals surface area contributed by atoms with Crippen LogP contribution >= 0.6 is 11.6 Å². The first-order valence-corrected chi connectivity index (χ1v) is 12.1. The number of ether oxygens (including phenoxy) is 1. The summed E-state index contributed by atoms with van der Waals surface area (Å²) < 4.78 is 4.73. The Morgan fingerprint density at radius 1 is 1.09 bits per heavy atom. The van der Waals surface area contributed by atoms with Crippen LogP contribution in [0.2, 0.25) is 5.02 Å². The van der Waals surface area contributed by atoms with Crippen molar-refractivity contribution in [2.45, 2.75) is 45.7 Å². The Morgan fingerprint density at radius 2 is 1.71 bits per heavy atom. The van der Waals surface area contributed by atoms with Gasteiger partial charge in [-0.15, -0.1) is 0 Å². The zero-order valence-electron chi connectivity index (χ0n) is 20.9. The zero-order valence-corrected chi connectivity index (χ0v) is 21.7. The molecule has 0 aromatic heterocycles. The molecule has 0 radical (unpaired) electrons. The Morgan fingerprint density at radius 3 is 2.29 bits per heavy atom. The van der Waals surface area contributed by atoms with Crippen LogP contribution in [0.25, 0.3) is 0 Å². The van der Waals surface area contributed by atoms with E-state index in [2.05, 4.69) is 19.2 Å². The average molecular weight is 500 g/mol. The van der Waals surface area contributed by atoms with Gasteiger partial charge in [0.25, 0.3) is 5.91 Å². The maximum absolute atomic E-state index is 13.6. The van der Waals surface area contributed by atoms with Crippen LogP contribution in [0.3, 0.4) is 0 Å². The molecule has 0 unspecified atom stereocenters. The number of amides is 2. The normalized spacial score (nSPS) is 20.3. The lowest BCUT2D eigenvalue weighted by Gasteiger charge is -2.52. The van der Waals surface area contributed by atoms with Crippen LogP contribution in [-0.2, 0) is 15.1 Å². The van der Waals surface area contributed by atoms with Gasteiger partial charge in [-0.05, 0) is 48.2 Å². The van der Waals surface area contributed by atoms with Crippen LogP contribution in [0.15, 0.2) is 48.5 Å². The first-order chi connectivity index (χ1) is 16.4. The molecule has 2 aromatic carbocycles. The summed E-state index contributed by atoms with van der Waals surface area (Å²) in [5.74, 6) is -1.24. The number of hydrogen-bond donors (Lipinski definition) is 2. The fraction of sp³-hybridized carbons (Fsp3) is 0.444. The van der Waals surface area contributed by atoms with Gasteiger partial charge in [-0.3, -0.25) is 9.59 Å². The Kier molecular flexibility index (Phi) is 7.92. The minimum absolute atomic E-state index is 0.140. The highest BCUT2D eigenvalue weighted by Crippen LogP contribution is 2.44. The molecule has 3 rings (SSSR count). The monoisotopic (exact) mass is 499 g/mol. The number of methoxy groups -OCH3 is 1. The number of nitrogens with one attached hydrogen (secondary N) is 1. The van der Waals surface area contributed by atoms with Gasteiger partial charge in [0.05, 0.1) is 12.7 Å². The minimum Gasteiger partial charge on any atom is -0.465 e. The van der Waals surface area contributed by atoms with E-state index in [9.17, 15) is 14.4 Å². The Bertz CT molecular complexity index is 1100. The van der Waals surface area contributed by atoms with E-state index in [4.69, 9.17) is 22.1 Å². The second-order valence-electron chi connectivity index (χ2n) is 10.1. The molecule has 0 aliphatic carbocycles. The van der Waals surface area contributed by atoms with Crippen molar-refractivity contribution in [1.82, 2.24) is 10.2 Å². The van der Waals surface area contributed by atoms with Crippen molar-refractivity contribution in [3.63, 3.8) is 0 Å². The standard InChI is InChI=1S/C27H34ClN3O4/c1-17(2)22(30-23(32)18-7-6-8-19(15-18)25(34)35-5)24(33)31-14-13-27(29,26(3,4)16-31)20-9-11-21(28)12-10-20/h6-12,15,17,22H,13-14,16,29H2,1-5H3,(H,30,32)/t22-,27-/m1/s1. The molecule has 2 aromatic rings. The first kappa shape index (κ1) is 26.7. The van der Waals surface area contributed by atoms with E-state index in [-0.39, 0.29) is 23.0 Å². The van der Waals surface area contributed by atoms with E-state index >= 15 is 0 Å². The van der Waals surface area contributed by atoms with E-state index in [0.717, 1.165) is 5.56 Å². The summed E-state index contributed by atoms with van der Waals surface area (Å²) in [6.45, 7) is 8.82. The van der Waals surface area contributed by atoms with Crippen LogP contribution in [0.1, 0.15) is 60.4 Å². The van der Waals surface area contributed by atoms with Gasteiger partial charge in [0.15, 0.2) is 0 Å². The summed E-state index contributed by atoms with van der Waals surface area (Å²) in [7, 11) is 1.28. The molecule has 7 nitrogen and oxygen atoms in total. The number of likely N-dealkylation sites (tertiary alicyclic amines) is 1. The van der Waals surface area contributed by atoms with Crippen molar-refractivity contribution >= 4 is 29.4 Å². The predicted molar refractivity (Wildman–Crippen MR) is 136 cm³/mol. The minimum atomic E-state index is -0.721. The van der Waals surface area contributed by atoms with Gasteiger partial charge in [0.1, 0.15) is 6.04 Å². The van der Waals surface area contributed by atoms with Crippen molar-refractivity contribution in [1.29, 1.82) is 0 Å². The first-order valence-electron chi connectivity index (χ1n) is 11.7. The number of piperidine rings is 1. The molecule has 2 amide bonds. The van der Waals surface area contributed by atoms with Crippen LogP contribution in [0, 0.1) is 11.3 Å². The molecule has 1 aliphatic heterocycles. The number of halogens is 1. The van der Waals surface area contributed by atoms with Crippen molar-refractivity contribution in [2.75, 3.05) is 20.2 Å². The number of carbonyl (C=O) groups is 3. The van der Waals surface area contributed by atoms with Crippen LogP contribution in [0.4, 0.5) is 0 Å². The second-order valence-corrected chi connectivity index (χ2v) is 10.6. The highest BCUT2D eigenvalue weighted by atomic mass is 35.5. The quantitative estimate of drug-likeness (QED) is 0.585. The Balaban J connectivity index is 1.77. The van der Waals surface area contributed by atoms with Crippen molar-refractivity contribution < 1.29 is 19.1 Å². The SMILES string of the molecule is COC(=O)c1cccc(C(=O)N[C@@H](C(=O)N2CC[C@@](N)(c3ccc(Cl)cc3)C(C)(C)C2)C(C)C)c1. The number of benzene rings is 2. The van der Waals surface area contributed by atoms with E-state index in [1.54, 1.807) is 23.1 Å². The van der Waals surface area contributed by atoms with E-state index in [1.807, 2.05) is 38.1 Å². The number of hydrogen-bond acceptors (Lipinski definition) is 5. The summed E-state index contributed by atoms with van der Waals surface area (Å²) >= 11 is 6.06. The smallest absolute Gasteiger partial charge is 0.337 e. The summed E-state index contributed by atoms with van der Waals surface area (Å²) in [6, 6.07) is 13.1. The fourth-order valence-electron chi connectivity index (χ4n) is 4.66. The van der Waals surface area contributed by atoms with Crippen LogP contribution < -0.4 is 11.1 Å². The molecule has 0 saturated carbocycles. The van der Waals surface area contributed by atoms with Crippen LogP contribution in [-0.4, -0.2) is 48.9 Å². The number of esters is 1. The van der Waals surface area contributed by atoms with Gasteiger partial charge in [0, 0.05) is 34.6 Å². The topological polar surface area (TPSA) is 102 Å². The summed E-state index contributed by atoms with van der Waals surface area (Å²) in [6.07, 6.45) is 0.577. The third kappa shape index (κ3) is 5.52.